The fourth-order valence-electron chi connectivity index (χ4n) is 3.11. The molecule has 1 aliphatic heterocycles. The second-order valence-electron chi connectivity index (χ2n) is 6.32. The first-order valence-electron chi connectivity index (χ1n) is 8.14. The molecule has 1 aliphatic rings. The third kappa shape index (κ3) is 4.80. The van der Waals surface area contributed by atoms with E-state index >= 15 is 0 Å². The van der Waals surface area contributed by atoms with E-state index in [2.05, 4.69) is 52.6 Å². The summed E-state index contributed by atoms with van der Waals surface area (Å²) in [7, 11) is 2.04. The van der Waals surface area contributed by atoms with Crippen LogP contribution in [0.2, 0.25) is 0 Å². The van der Waals surface area contributed by atoms with Crippen LogP contribution in [0, 0.1) is 12.8 Å². The van der Waals surface area contributed by atoms with E-state index in [1.54, 1.807) is 0 Å². The molecule has 0 bridgehead atoms. The minimum atomic E-state index is 0. The Morgan fingerprint density at radius 2 is 1.91 bits per heavy atom. The quantitative estimate of drug-likeness (QED) is 0.908. The number of nitrogens with zero attached hydrogens (tertiary/aromatic N) is 2. The smallest absolute Gasteiger partial charge is 0.151 e. The van der Waals surface area contributed by atoms with Crippen LogP contribution in [0.1, 0.15) is 24.2 Å². The lowest BCUT2D eigenvalue weighted by Gasteiger charge is -2.30. The topological polar surface area (TPSA) is 41.3 Å². The summed E-state index contributed by atoms with van der Waals surface area (Å²) in [5, 5.41) is 7.49. The molecule has 1 N–H and O–H groups in total. The number of likely N-dealkylation sites (tertiary alicyclic amines) is 1. The van der Waals surface area contributed by atoms with Crippen LogP contribution < -0.4 is 5.32 Å². The van der Waals surface area contributed by atoms with Crippen LogP contribution >= 0.6 is 12.4 Å². The number of nitrogens with one attached hydrogen (secondary N) is 1. The largest absolute Gasteiger partial charge is 0.359 e. The molecule has 1 aromatic heterocycles. The van der Waals surface area contributed by atoms with Crippen molar-refractivity contribution in [3.8, 4) is 11.3 Å². The Bertz CT molecular complexity index is 589. The zero-order chi connectivity index (χ0) is 15.4. The van der Waals surface area contributed by atoms with E-state index in [0.717, 1.165) is 49.1 Å². The highest BCUT2D eigenvalue weighted by atomic mass is 35.5. The van der Waals surface area contributed by atoms with Crippen molar-refractivity contribution in [2.75, 3.05) is 26.7 Å². The lowest BCUT2D eigenvalue weighted by Crippen LogP contribution is -2.36. The second-order valence-corrected chi connectivity index (χ2v) is 6.32. The lowest BCUT2D eigenvalue weighted by molar-refractivity contribution is 0.161. The monoisotopic (exact) mass is 335 g/mol. The Morgan fingerprint density at radius 1 is 1.22 bits per heavy atom. The predicted octanol–water partition coefficient (Wildman–Crippen LogP) is 3.50. The number of benzene rings is 1. The SMILES string of the molecule is CNCC1CCN(Cc2cc(-c3ccc(C)cc3)no2)CC1.Cl. The number of rotatable bonds is 5. The van der Waals surface area contributed by atoms with E-state index < -0.39 is 0 Å². The van der Waals surface area contributed by atoms with Crippen LogP contribution in [0.4, 0.5) is 0 Å². The molecule has 0 aliphatic carbocycles. The highest BCUT2D eigenvalue weighted by Crippen LogP contribution is 2.22. The minimum absolute atomic E-state index is 0. The third-order valence-electron chi connectivity index (χ3n) is 4.49. The summed E-state index contributed by atoms with van der Waals surface area (Å²) in [6, 6.07) is 10.5. The van der Waals surface area contributed by atoms with Crippen LogP contribution in [-0.2, 0) is 6.54 Å². The average molecular weight is 336 g/mol. The second kappa shape index (κ2) is 8.48. The minimum Gasteiger partial charge on any atom is -0.359 e. The van der Waals surface area contributed by atoms with Gasteiger partial charge in [0.2, 0.25) is 0 Å². The normalized spacial score (nSPS) is 16.3. The zero-order valence-electron chi connectivity index (χ0n) is 13.9. The van der Waals surface area contributed by atoms with Crippen LogP contribution in [0.25, 0.3) is 11.3 Å². The van der Waals surface area contributed by atoms with Gasteiger partial charge in [0.15, 0.2) is 5.76 Å². The van der Waals surface area contributed by atoms with Gasteiger partial charge >= 0.3 is 0 Å². The van der Waals surface area contributed by atoms with Gasteiger partial charge in [-0.1, -0.05) is 35.0 Å². The van der Waals surface area contributed by atoms with Crippen LogP contribution in [0.3, 0.4) is 0 Å². The van der Waals surface area contributed by atoms with Gasteiger partial charge in [0.25, 0.3) is 0 Å². The molecule has 3 rings (SSSR count). The van der Waals surface area contributed by atoms with E-state index in [1.165, 1.54) is 18.4 Å². The van der Waals surface area contributed by atoms with Gasteiger partial charge in [0.05, 0.1) is 6.54 Å². The number of halogens is 1. The third-order valence-corrected chi connectivity index (χ3v) is 4.49. The highest BCUT2D eigenvalue weighted by Gasteiger charge is 2.20. The van der Waals surface area contributed by atoms with Crippen molar-refractivity contribution in [2.24, 2.45) is 5.92 Å². The molecule has 0 unspecified atom stereocenters. The molecule has 4 nitrogen and oxygen atoms in total. The molecule has 1 fully saturated rings. The van der Waals surface area contributed by atoms with Crippen molar-refractivity contribution < 1.29 is 4.52 Å². The molecule has 1 aromatic carbocycles. The molecule has 2 aromatic rings. The summed E-state index contributed by atoms with van der Waals surface area (Å²) in [4.78, 5) is 2.46. The van der Waals surface area contributed by atoms with Crippen LogP contribution in [0.15, 0.2) is 34.9 Å². The molecule has 0 spiro atoms. The van der Waals surface area contributed by atoms with E-state index in [0.29, 0.717) is 0 Å². The Morgan fingerprint density at radius 3 is 2.57 bits per heavy atom. The molecule has 23 heavy (non-hydrogen) atoms. The van der Waals surface area contributed by atoms with Gasteiger partial charge in [-0.2, -0.15) is 0 Å². The predicted molar refractivity (Wildman–Crippen MR) is 95.9 cm³/mol. The highest BCUT2D eigenvalue weighted by molar-refractivity contribution is 5.85. The average Bonchev–Trinajstić information content (AvgIpc) is 2.99. The van der Waals surface area contributed by atoms with E-state index in [9.17, 15) is 0 Å². The zero-order valence-corrected chi connectivity index (χ0v) is 14.7. The first-order chi connectivity index (χ1) is 10.7. The van der Waals surface area contributed by atoms with Crippen molar-refractivity contribution in [3.63, 3.8) is 0 Å². The Labute approximate surface area is 144 Å². The Kier molecular flexibility index (Phi) is 6.63. The molecule has 2 heterocycles. The molecule has 0 atom stereocenters. The molecule has 0 radical (unpaired) electrons. The summed E-state index contributed by atoms with van der Waals surface area (Å²) < 4.78 is 5.52. The fourth-order valence-corrected chi connectivity index (χ4v) is 3.11. The summed E-state index contributed by atoms with van der Waals surface area (Å²) in [5.74, 6) is 1.78. The summed E-state index contributed by atoms with van der Waals surface area (Å²) in [5.41, 5.74) is 3.31. The molecular formula is C18H26ClN3O. The number of hydrogen-bond acceptors (Lipinski definition) is 4. The maximum Gasteiger partial charge on any atom is 0.151 e. The number of piperidine rings is 1. The van der Waals surface area contributed by atoms with Crippen molar-refractivity contribution in [3.05, 3.63) is 41.7 Å². The van der Waals surface area contributed by atoms with Crippen molar-refractivity contribution in [2.45, 2.75) is 26.3 Å². The van der Waals surface area contributed by atoms with Crippen molar-refractivity contribution in [1.82, 2.24) is 15.4 Å². The fraction of sp³-hybridized carbons (Fsp3) is 0.500. The van der Waals surface area contributed by atoms with Crippen molar-refractivity contribution >= 4 is 12.4 Å². The van der Waals surface area contributed by atoms with E-state index in [-0.39, 0.29) is 12.4 Å². The van der Waals surface area contributed by atoms with Crippen LogP contribution in [0.5, 0.6) is 0 Å². The van der Waals surface area contributed by atoms with Gasteiger partial charge in [-0.3, -0.25) is 4.90 Å². The molecule has 126 valence electrons. The molecule has 0 saturated carbocycles. The first-order valence-corrected chi connectivity index (χ1v) is 8.14. The number of hydrogen-bond donors (Lipinski definition) is 1. The summed E-state index contributed by atoms with van der Waals surface area (Å²) in [6.45, 7) is 6.38. The van der Waals surface area contributed by atoms with Gasteiger partial charge in [-0.15, -0.1) is 12.4 Å². The number of aryl methyl sites for hydroxylation is 1. The van der Waals surface area contributed by atoms with Gasteiger partial charge < -0.3 is 9.84 Å². The van der Waals surface area contributed by atoms with Crippen LogP contribution in [-0.4, -0.2) is 36.7 Å². The molecule has 0 amide bonds. The maximum absolute atomic E-state index is 5.52. The maximum atomic E-state index is 5.52. The van der Waals surface area contributed by atoms with Gasteiger partial charge in [-0.25, -0.2) is 0 Å². The standard InChI is InChI=1S/C18H25N3O.ClH/c1-14-3-5-16(6-4-14)18-11-17(22-20-18)13-21-9-7-15(8-10-21)12-19-2;/h3-6,11,15,19H,7-10,12-13H2,1-2H3;1H. The summed E-state index contributed by atoms with van der Waals surface area (Å²) in [6.07, 6.45) is 2.53. The van der Waals surface area contributed by atoms with Gasteiger partial charge in [0, 0.05) is 11.6 Å². The molecular weight excluding hydrogens is 310 g/mol. The van der Waals surface area contributed by atoms with Gasteiger partial charge in [0.1, 0.15) is 5.69 Å². The van der Waals surface area contributed by atoms with Gasteiger partial charge in [-0.05, 0) is 52.4 Å². The molecule has 1 saturated heterocycles. The Hall–Kier alpha value is -1.36. The van der Waals surface area contributed by atoms with E-state index in [1.807, 2.05) is 7.05 Å². The van der Waals surface area contributed by atoms with Crippen molar-refractivity contribution in [1.29, 1.82) is 0 Å². The summed E-state index contributed by atoms with van der Waals surface area (Å²) >= 11 is 0. The first kappa shape index (κ1) is 18.0. The Balaban J connectivity index is 0.00000192. The lowest BCUT2D eigenvalue weighted by atomic mass is 9.97. The number of aromatic nitrogens is 1. The van der Waals surface area contributed by atoms with E-state index in [4.69, 9.17) is 4.52 Å². The molecule has 5 heteroatoms.